The van der Waals surface area contributed by atoms with Crippen LogP contribution in [0.3, 0.4) is 0 Å². The number of benzene rings is 1. The maximum absolute atomic E-state index is 13.2. The lowest BCUT2D eigenvalue weighted by Crippen LogP contribution is -2.17. The van der Waals surface area contributed by atoms with Gasteiger partial charge in [-0.15, -0.1) is 0 Å². The van der Waals surface area contributed by atoms with Crippen LogP contribution in [0.2, 0.25) is 10.0 Å². The second-order valence-electron chi connectivity index (χ2n) is 4.76. The van der Waals surface area contributed by atoms with Crippen LogP contribution in [0.5, 0.6) is 0 Å². The zero-order chi connectivity index (χ0) is 17.3. The summed E-state index contributed by atoms with van der Waals surface area (Å²) in [6.45, 7) is 0. The molecule has 2 heterocycles. The first-order valence-electron chi connectivity index (χ1n) is 6.64. The second-order valence-corrected chi connectivity index (χ2v) is 7.20. The maximum atomic E-state index is 13.2. The lowest BCUT2D eigenvalue weighted by atomic mass is 10.3. The number of nitrogens with one attached hydrogen (secondary N) is 1. The number of sulfonamides is 1. The van der Waals surface area contributed by atoms with E-state index in [2.05, 4.69) is 9.71 Å². The van der Waals surface area contributed by atoms with E-state index in [4.69, 9.17) is 23.2 Å². The number of hydrogen-bond acceptors (Lipinski definition) is 3. The van der Waals surface area contributed by atoms with Gasteiger partial charge in [0.15, 0.2) is 10.8 Å². The first-order valence-corrected chi connectivity index (χ1v) is 8.88. The quantitative estimate of drug-likeness (QED) is 0.734. The van der Waals surface area contributed by atoms with Crippen molar-refractivity contribution in [2.45, 2.75) is 5.03 Å². The van der Waals surface area contributed by atoms with Gasteiger partial charge in [-0.05, 0) is 42.5 Å². The molecule has 1 aromatic carbocycles. The van der Waals surface area contributed by atoms with Gasteiger partial charge in [0.2, 0.25) is 0 Å². The Hall–Kier alpha value is -2.09. The molecule has 0 amide bonds. The summed E-state index contributed by atoms with van der Waals surface area (Å²) in [6.07, 6.45) is 3.03. The van der Waals surface area contributed by atoms with Crippen molar-refractivity contribution < 1.29 is 12.8 Å². The lowest BCUT2D eigenvalue weighted by Gasteiger charge is -2.12. The monoisotopic (exact) mass is 385 g/mol. The van der Waals surface area contributed by atoms with Crippen LogP contribution >= 0.6 is 23.2 Å². The molecular weight excluding hydrogens is 376 g/mol. The highest BCUT2D eigenvalue weighted by molar-refractivity contribution is 7.92. The molecule has 24 heavy (non-hydrogen) atoms. The third kappa shape index (κ3) is 3.24. The van der Waals surface area contributed by atoms with Gasteiger partial charge in [-0.25, -0.2) is 9.37 Å². The summed E-state index contributed by atoms with van der Waals surface area (Å²) in [4.78, 5) is 4.10. The molecule has 0 atom stereocenters. The Morgan fingerprint density at radius 1 is 1.08 bits per heavy atom. The van der Waals surface area contributed by atoms with Crippen molar-refractivity contribution in [1.29, 1.82) is 0 Å². The number of anilines is 1. The Balaban J connectivity index is 2.01. The Bertz CT molecular complexity index is 1010. The van der Waals surface area contributed by atoms with Crippen LogP contribution in [0.4, 0.5) is 10.1 Å². The summed E-state index contributed by atoms with van der Waals surface area (Å²) in [5, 5.41) is 0.0527. The fourth-order valence-electron chi connectivity index (χ4n) is 2.08. The van der Waals surface area contributed by atoms with E-state index < -0.39 is 15.8 Å². The Morgan fingerprint density at radius 2 is 1.88 bits per heavy atom. The van der Waals surface area contributed by atoms with E-state index in [9.17, 15) is 12.8 Å². The Labute approximate surface area is 147 Å². The smallest absolute Gasteiger partial charge is 0.277 e. The van der Waals surface area contributed by atoms with Gasteiger partial charge >= 0.3 is 0 Å². The minimum Gasteiger partial charge on any atom is -0.289 e. The first kappa shape index (κ1) is 16.8. The van der Waals surface area contributed by atoms with Gasteiger partial charge in [0.25, 0.3) is 10.0 Å². The molecule has 0 spiro atoms. The maximum Gasteiger partial charge on any atom is 0.277 e. The van der Waals surface area contributed by atoms with E-state index in [1.54, 1.807) is 18.2 Å². The van der Waals surface area contributed by atoms with Crippen LogP contribution in [0.1, 0.15) is 0 Å². The van der Waals surface area contributed by atoms with E-state index in [1.165, 1.54) is 35.2 Å². The summed E-state index contributed by atoms with van der Waals surface area (Å²) in [6, 6.07) is 9.75. The summed E-state index contributed by atoms with van der Waals surface area (Å²) >= 11 is 11.8. The molecule has 9 heteroatoms. The predicted molar refractivity (Wildman–Crippen MR) is 90.8 cm³/mol. The number of hydrogen-bond donors (Lipinski definition) is 1. The predicted octanol–water partition coefficient (Wildman–Crippen LogP) is 4.12. The van der Waals surface area contributed by atoms with Gasteiger partial charge in [0.1, 0.15) is 5.82 Å². The minimum absolute atomic E-state index is 0.0662. The van der Waals surface area contributed by atoms with Crippen molar-refractivity contribution in [3.8, 4) is 5.82 Å². The normalized spacial score (nSPS) is 11.5. The van der Waals surface area contributed by atoms with Crippen LogP contribution in [0.25, 0.3) is 5.82 Å². The SMILES string of the molecule is O=S(=O)(Nc1ccc(F)c(Cl)c1)c1cccn1-c1ncccc1Cl. The third-order valence-electron chi connectivity index (χ3n) is 3.13. The average Bonchev–Trinajstić information content (AvgIpc) is 3.01. The average molecular weight is 386 g/mol. The fourth-order valence-corrected chi connectivity index (χ4v) is 3.68. The molecule has 0 saturated heterocycles. The third-order valence-corrected chi connectivity index (χ3v) is 5.10. The van der Waals surface area contributed by atoms with E-state index in [1.807, 2.05) is 0 Å². The van der Waals surface area contributed by atoms with Crippen molar-refractivity contribution in [3.63, 3.8) is 0 Å². The summed E-state index contributed by atoms with van der Waals surface area (Å²) < 4.78 is 42.1. The lowest BCUT2D eigenvalue weighted by molar-refractivity contribution is 0.594. The highest BCUT2D eigenvalue weighted by atomic mass is 35.5. The number of nitrogens with zero attached hydrogens (tertiary/aromatic N) is 2. The van der Waals surface area contributed by atoms with Crippen LogP contribution in [-0.4, -0.2) is 18.0 Å². The van der Waals surface area contributed by atoms with Crippen molar-refractivity contribution in [1.82, 2.24) is 9.55 Å². The molecule has 1 N–H and O–H groups in total. The molecule has 0 fully saturated rings. The zero-order valence-corrected chi connectivity index (χ0v) is 14.3. The van der Waals surface area contributed by atoms with Gasteiger partial charge in [-0.2, -0.15) is 8.42 Å². The molecule has 0 aliphatic rings. The topological polar surface area (TPSA) is 64.0 Å². The first-order chi connectivity index (χ1) is 11.4. The van der Waals surface area contributed by atoms with Gasteiger partial charge < -0.3 is 0 Å². The van der Waals surface area contributed by atoms with Gasteiger partial charge in [-0.3, -0.25) is 9.29 Å². The van der Waals surface area contributed by atoms with Crippen molar-refractivity contribution in [2.24, 2.45) is 0 Å². The van der Waals surface area contributed by atoms with Crippen molar-refractivity contribution in [2.75, 3.05) is 4.72 Å². The molecule has 0 saturated carbocycles. The van der Waals surface area contributed by atoms with Crippen LogP contribution < -0.4 is 4.72 Å². The Kier molecular flexibility index (Phi) is 4.49. The number of aromatic nitrogens is 2. The Morgan fingerprint density at radius 3 is 2.58 bits per heavy atom. The molecule has 124 valence electrons. The molecular formula is C15H10Cl2FN3O2S. The second kappa shape index (κ2) is 6.43. The van der Waals surface area contributed by atoms with E-state index >= 15 is 0 Å². The largest absolute Gasteiger partial charge is 0.289 e. The molecule has 3 rings (SSSR count). The number of pyridine rings is 1. The minimum atomic E-state index is -3.96. The van der Waals surface area contributed by atoms with E-state index in [-0.39, 0.29) is 21.6 Å². The van der Waals surface area contributed by atoms with E-state index in [0.29, 0.717) is 5.02 Å². The van der Waals surface area contributed by atoms with Crippen LogP contribution in [0, 0.1) is 5.82 Å². The number of rotatable bonds is 4. The molecule has 0 unspecified atom stereocenters. The fraction of sp³-hybridized carbons (Fsp3) is 0. The number of halogens is 3. The molecule has 0 bridgehead atoms. The van der Waals surface area contributed by atoms with Gasteiger partial charge in [-0.1, -0.05) is 23.2 Å². The van der Waals surface area contributed by atoms with E-state index in [0.717, 1.165) is 6.07 Å². The molecule has 2 aromatic heterocycles. The standard InChI is InChI=1S/C15H10Cl2FN3O2S/c16-11-3-1-7-19-15(11)21-8-2-4-14(21)24(22,23)20-10-5-6-13(18)12(17)9-10/h1-9,20H. The van der Waals surface area contributed by atoms with Crippen molar-refractivity contribution >= 4 is 38.9 Å². The molecule has 0 radical (unpaired) electrons. The highest BCUT2D eigenvalue weighted by Crippen LogP contribution is 2.25. The summed E-state index contributed by atoms with van der Waals surface area (Å²) in [5.41, 5.74) is 0.140. The molecule has 3 aromatic rings. The summed E-state index contributed by atoms with van der Waals surface area (Å²) in [7, 11) is -3.96. The van der Waals surface area contributed by atoms with Crippen molar-refractivity contribution in [3.05, 3.63) is 70.7 Å². The summed E-state index contributed by atoms with van der Waals surface area (Å²) in [5.74, 6) is -0.357. The zero-order valence-electron chi connectivity index (χ0n) is 11.9. The molecule has 5 nitrogen and oxygen atoms in total. The molecule has 0 aliphatic carbocycles. The highest BCUT2D eigenvalue weighted by Gasteiger charge is 2.21. The van der Waals surface area contributed by atoms with Crippen LogP contribution in [-0.2, 0) is 10.0 Å². The van der Waals surface area contributed by atoms with Gasteiger partial charge in [0, 0.05) is 12.4 Å². The van der Waals surface area contributed by atoms with Crippen LogP contribution in [0.15, 0.2) is 59.9 Å². The molecule has 0 aliphatic heterocycles. The van der Waals surface area contributed by atoms with Gasteiger partial charge in [0.05, 0.1) is 15.7 Å².